The molecule has 0 saturated heterocycles. The minimum Gasteiger partial charge on any atom is -0.492 e. The van der Waals surface area contributed by atoms with Crippen molar-refractivity contribution in [3.63, 3.8) is 0 Å². The van der Waals surface area contributed by atoms with Crippen LogP contribution in [0, 0.1) is 0 Å². The van der Waals surface area contributed by atoms with Crippen molar-refractivity contribution >= 4 is 50.9 Å². The fourth-order valence-corrected chi connectivity index (χ4v) is 6.70. The van der Waals surface area contributed by atoms with Crippen LogP contribution in [0.25, 0.3) is 10.1 Å². The number of ether oxygens (including phenoxy) is 1. The summed E-state index contributed by atoms with van der Waals surface area (Å²) in [5, 5.41) is 9.33. The van der Waals surface area contributed by atoms with E-state index in [2.05, 4.69) is 15.9 Å². The molecule has 1 aromatic carbocycles. The van der Waals surface area contributed by atoms with Gasteiger partial charge in [0, 0.05) is 16.3 Å². The number of rotatable bonds is 11. The molecule has 0 atom stereocenters. The Balaban J connectivity index is 2.57. The van der Waals surface area contributed by atoms with Gasteiger partial charge in [0.25, 0.3) is 0 Å². The minimum absolute atomic E-state index is 0.00921. The van der Waals surface area contributed by atoms with E-state index in [1.54, 1.807) is 0 Å². The zero-order valence-corrected chi connectivity index (χ0v) is 20.1. The van der Waals surface area contributed by atoms with Crippen molar-refractivity contribution in [1.29, 1.82) is 0 Å². The molecule has 0 aliphatic heterocycles. The largest absolute Gasteiger partial charge is 0.492 e. The van der Waals surface area contributed by atoms with Crippen molar-refractivity contribution in [1.82, 2.24) is 0 Å². The minimum atomic E-state index is -4.95. The number of hydrogen-bond acceptors (Lipinski definition) is 6. The molecule has 0 spiro atoms. The maximum Gasteiger partial charge on any atom is 0.405 e. The number of carbonyl (C=O) groups is 1. The van der Waals surface area contributed by atoms with Crippen LogP contribution < -0.4 is 4.74 Å². The van der Waals surface area contributed by atoms with Crippen LogP contribution in [0.3, 0.4) is 0 Å². The predicted molar refractivity (Wildman–Crippen MR) is 112 cm³/mol. The quantitative estimate of drug-likeness (QED) is 0.173. The maximum absolute atomic E-state index is 15.3. The predicted octanol–water partition coefficient (Wildman–Crippen LogP) is 7.40. The average molecular weight is 569 g/mol. The molecule has 0 aliphatic rings. The number of carboxylic acid groups (broad SMARTS) is 1. The number of aromatic carboxylic acids is 1. The first-order valence-electron chi connectivity index (χ1n) is 9.23. The molecule has 14 heteroatoms. The molecular weight excluding hydrogens is 550 g/mol. The molecule has 0 aliphatic carbocycles. The standard InChI is InChI=1S/C18H19BrF5O6PS/c1-3-29-31(27,30-4-2)18(23,24)15-13(19)11-8-10(16(25)26)9-12(14(11)32-15)28-7-5-6-17(20,21)22/h8-9H,3-7H2,1-2H3,(H,25,26). The van der Waals surface area contributed by atoms with Crippen molar-refractivity contribution in [3.05, 3.63) is 27.0 Å². The van der Waals surface area contributed by atoms with Gasteiger partial charge in [-0.15, -0.1) is 11.3 Å². The molecule has 6 nitrogen and oxygen atoms in total. The number of carboxylic acids is 1. The van der Waals surface area contributed by atoms with Gasteiger partial charge in [-0.2, -0.15) is 22.0 Å². The van der Waals surface area contributed by atoms with Crippen LogP contribution in [-0.2, 0) is 19.3 Å². The van der Waals surface area contributed by atoms with Crippen LogP contribution in [-0.4, -0.2) is 37.1 Å². The molecule has 0 radical (unpaired) electrons. The van der Waals surface area contributed by atoms with E-state index in [1.807, 2.05) is 0 Å². The topological polar surface area (TPSA) is 82.1 Å². The summed E-state index contributed by atoms with van der Waals surface area (Å²) < 4.78 is 95.1. The molecule has 2 aromatic rings. The maximum atomic E-state index is 15.3. The Morgan fingerprint density at radius 1 is 1.16 bits per heavy atom. The van der Waals surface area contributed by atoms with Crippen LogP contribution in [0.5, 0.6) is 5.75 Å². The van der Waals surface area contributed by atoms with Crippen molar-refractivity contribution < 1.29 is 50.2 Å². The molecule has 0 amide bonds. The Morgan fingerprint density at radius 3 is 2.25 bits per heavy atom. The first kappa shape index (κ1) is 27.0. The molecule has 1 heterocycles. The lowest BCUT2D eigenvalue weighted by Gasteiger charge is -2.25. The average Bonchev–Trinajstić information content (AvgIpc) is 3.02. The van der Waals surface area contributed by atoms with Gasteiger partial charge in [0.2, 0.25) is 0 Å². The molecule has 180 valence electrons. The highest BCUT2D eigenvalue weighted by molar-refractivity contribution is 9.10. The first-order chi connectivity index (χ1) is 14.8. The van der Waals surface area contributed by atoms with Gasteiger partial charge in [-0.3, -0.25) is 4.57 Å². The molecular formula is C18H19BrF5O6PS. The monoisotopic (exact) mass is 568 g/mol. The Kier molecular flexibility index (Phi) is 8.71. The zero-order chi connectivity index (χ0) is 24.3. The number of benzene rings is 1. The van der Waals surface area contributed by atoms with Crippen LogP contribution in [0.4, 0.5) is 22.0 Å². The van der Waals surface area contributed by atoms with Crippen molar-refractivity contribution in [2.75, 3.05) is 19.8 Å². The van der Waals surface area contributed by atoms with Gasteiger partial charge in [0.05, 0.1) is 30.1 Å². The van der Waals surface area contributed by atoms with E-state index in [0.29, 0.717) is 11.3 Å². The third-order valence-corrected chi connectivity index (χ3v) is 8.65. The Labute approximate surface area is 192 Å². The van der Waals surface area contributed by atoms with E-state index < -0.39 is 49.7 Å². The number of halogens is 6. The van der Waals surface area contributed by atoms with E-state index in [0.717, 1.165) is 12.1 Å². The van der Waals surface area contributed by atoms with Crippen molar-refractivity contribution in [2.45, 2.75) is 38.5 Å². The highest BCUT2D eigenvalue weighted by atomic mass is 79.9. The fraction of sp³-hybridized carbons (Fsp3) is 0.500. The molecule has 1 aromatic heterocycles. The summed E-state index contributed by atoms with van der Waals surface area (Å²) in [4.78, 5) is 10.7. The van der Waals surface area contributed by atoms with Gasteiger partial charge in [-0.25, -0.2) is 4.79 Å². The third-order valence-electron chi connectivity index (χ3n) is 4.02. The van der Waals surface area contributed by atoms with Crippen molar-refractivity contribution in [2.24, 2.45) is 0 Å². The highest BCUT2D eigenvalue weighted by Crippen LogP contribution is 2.69. The van der Waals surface area contributed by atoms with Crippen LogP contribution in [0.2, 0.25) is 0 Å². The van der Waals surface area contributed by atoms with Gasteiger partial charge in [-0.05, 0) is 48.3 Å². The van der Waals surface area contributed by atoms with Gasteiger partial charge < -0.3 is 18.9 Å². The Morgan fingerprint density at radius 2 is 1.75 bits per heavy atom. The SMILES string of the molecule is CCOP(=O)(OCC)C(F)(F)c1sc2c(OCCCC(F)(F)F)cc(C(=O)O)cc2c1Br. The van der Waals surface area contributed by atoms with Crippen molar-refractivity contribution in [3.8, 4) is 5.75 Å². The molecule has 2 rings (SSSR count). The lowest BCUT2D eigenvalue weighted by molar-refractivity contribution is -0.136. The lowest BCUT2D eigenvalue weighted by atomic mass is 10.1. The number of fused-ring (bicyclic) bond motifs is 1. The third kappa shape index (κ3) is 5.80. The summed E-state index contributed by atoms with van der Waals surface area (Å²) in [5.41, 5.74) is -4.42. The van der Waals surface area contributed by atoms with Crippen LogP contribution >= 0.6 is 34.9 Å². The number of thiophene rings is 1. The number of hydrogen-bond donors (Lipinski definition) is 1. The van der Waals surface area contributed by atoms with Crippen LogP contribution in [0.15, 0.2) is 16.6 Å². The van der Waals surface area contributed by atoms with Gasteiger partial charge in [0.15, 0.2) is 0 Å². The molecule has 1 N–H and O–H groups in total. The van der Waals surface area contributed by atoms with E-state index in [1.165, 1.54) is 13.8 Å². The second-order valence-corrected chi connectivity index (χ2v) is 10.2. The summed E-state index contributed by atoms with van der Waals surface area (Å²) in [7, 11) is -4.95. The van der Waals surface area contributed by atoms with E-state index in [-0.39, 0.29) is 39.1 Å². The first-order valence-corrected chi connectivity index (χ1v) is 12.4. The van der Waals surface area contributed by atoms with E-state index >= 15 is 8.78 Å². The Bertz CT molecular complexity index is 1020. The van der Waals surface area contributed by atoms with Gasteiger partial charge in [0.1, 0.15) is 10.6 Å². The highest BCUT2D eigenvalue weighted by Gasteiger charge is 2.57. The van der Waals surface area contributed by atoms with E-state index in [4.69, 9.17) is 13.8 Å². The molecule has 0 unspecified atom stereocenters. The summed E-state index contributed by atoms with van der Waals surface area (Å²) >= 11 is 3.46. The lowest BCUT2D eigenvalue weighted by Crippen LogP contribution is -2.17. The molecule has 0 fully saturated rings. The summed E-state index contributed by atoms with van der Waals surface area (Å²) in [6.45, 7) is 1.69. The van der Waals surface area contributed by atoms with Gasteiger partial charge in [-0.1, -0.05) is 0 Å². The van der Waals surface area contributed by atoms with Crippen LogP contribution in [0.1, 0.15) is 41.9 Å². The van der Waals surface area contributed by atoms with E-state index in [9.17, 15) is 27.6 Å². The smallest absolute Gasteiger partial charge is 0.405 e. The zero-order valence-electron chi connectivity index (χ0n) is 16.8. The Hall–Kier alpha value is -1.27. The number of alkyl halides is 5. The molecule has 0 bridgehead atoms. The molecule has 32 heavy (non-hydrogen) atoms. The second kappa shape index (κ2) is 10.3. The normalized spacial score (nSPS) is 13.0. The van der Waals surface area contributed by atoms with Gasteiger partial charge >= 0.3 is 25.4 Å². The summed E-state index contributed by atoms with van der Waals surface area (Å²) in [6, 6.07) is 2.14. The summed E-state index contributed by atoms with van der Waals surface area (Å²) in [5.74, 6) is -1.58. The second-order valence-electron chi connectivity index (χ2n) is 6.34. The fourth-order valence-electron chi connectivity index (χ4n) is 2.68. The summed E-state index contributed by atoms with van der Waals surface area (Å²) in [6.07, 6.45) is -5.94. The molecule has 0 saturated carbocycles.